The van der Waals surface area contributed by atoms with Crippen molar-refractivity contribution in [3.63, 3.8) is 0 Å². The average Bonchev–Trinajstić information content (AvgIpc) is 3.64. The number of fused-ring (bicyclic) bond motifs is 1. The minimum Gasteiger partial charge on any atom is -0.497 e. The minimum atomic E-state index is -0.370. The quantitative estimate of drug-likeness (QED) is 0.362. The summed E-state index contributed by atoms with van der Waals surface area (Å²) >= 11 is 0. The first-order chi connectivity index (χ1) is 19.5. The summed E-state index contributed by atoms with van der Waals surface area (Å²) in [6.07, 6.45) is 2.12. The Labute approximate surface area is 233 Å². The number of aromatic amines is 1. The van der Waals surface area contributed by atoms with Gasteiger partial charge in [-0.05, 0) is 89.5 Å². The van der Waals surface area contributed by atoms with Crippen molar-refractivity contribution in [1.82, 2.24) is 35.0 Å². The first-order valence-electron chi connectivity index (χ1n) is 14.1. The van der Waals surface area contributed by atoms with Crippen LogP contribution in [0.4, 0.5) is 0 Å². The Hall–Kier alpha value is -3.60. The van der Waals surface area contributed by atoms with Crippen LogP contribution in [0.5, 0.6) is 5.75 Å². The van der Waals surface area contributed by atoms with E-state index in [0.717, 1.165) is 74.4 Å². The number of methoxy groups -OCH3 is 1. The molecule has 40 heavy (non-hydrogen) atoms. The van der Waals surface area contributed by atoms with Gasteiger partial charge in [-0.15, -0.1) is 5.10 Å². The van der Waals surface area contributed by atoms with Crippen LogP contribution in [0.3, 0.4) is 0 Å². The van der Waals surface area contributed by atoms with Crippen molar-refractivity contribution in [3.05, 3.63) is 80.9 Å². The molecule has 4 heterocycles. The summed E-state index contributed by atoms with van der Waals surface area (Å²) < 4.78 is 13.1. The van der Waals surface area contributed by atoms with Gasteiger partial charge in [-0.25, -0.2) is 4.68 Å². The van der Waals surface area contributed by atoms with Gasteiger partial charge in [0, 0.05) is 50.4 Å². The first-order valence-corrected chi connectivity index (χ1v) is 14.1. The molecule has 2 aliphatic heterocycles. The van der Waals surface area contributed by atoms with Crippen LogP contribution in [0.25, 0.3) is 10.9 Å². The summed E-state index contributed by atoms with van der Waals surface area (Å²) in [7, 11) is 1.70. The number of nitrogens with one attached hydrogen (secondary N) is 1. The van der Waals surface area contributed by atoms with Gasteiger partial charge in [-0.3, -0.25) is 14.6 Å². The van der Waals surface area contributed by atoms with Gasteiger partial charge in [0.15, 0.2) is 5.82 Å². The molecular formula is C30H37N7O3. The molecule has 2 atom stereocenters. The van der Waals surface area contributed by atoms with Gasteiger partial charge < -0.3 is 14.5 Å². The number of pyridine rings is 1. The first kappa shape index (κ1) is 26.6. The van der Waals surface area contributed by atoms with E-state index in [1.165, 1.54) is 11.1 Å². The number of nitrogens with zero attached hydrogens (tertiary/aromatic N) is 6. The maximum Gasteiger partial charge on any atom is 0.253 e. The second-order valence-corrected chi connectivity index (χ2v) is 11.0. The number of ether oxygens (including phenoxy) is 2. The number of hydrogen-bond donors (Lipinski definition) is 1. The Kier molecular flexibility index (Phi) is 7.64. The molecule has 2 aromatic carbocycles. The number of H-pyrrole nitrogens is 1. The summed E-state index contributed by atoms with van der Waals surface area (Å²) in [6.45, 7) is 9.66. The number of aryl methyl sites for hydroxylation is 2. The van der Waals surface area contributed by atoms with Crippen molar-refractivity contribution in [2.24, 2.45) is 0 Å². The summed E-state index contributed by atoms with van der Waals surface area (Å²) in [4.78, 5) is 21.6. The molecule has 2 aliphatic rings. The number of piperazine rings is 1. The Balaban J connectivity index is 1.31. The molecule has 4 aromatic rings. The van der Waals surface area contributed by atoms with E-state index in [1.807, 2.05) is 28.9 Å². The molecule has 0 aliphatic carbocycles. The van der Waals surface area contributed by atoms with Crippen LogP contribution in [0.15, 0.2) is 47.3 Å². The Bertz CT molecular complexity index is 1530. The molecule has 0 radical (unpaired) electrons. The lowest BCUT2D eigenvalue weighted by Gasteiger charge is -2.38. The fraction of sp³-hybridized carbons (Fsp3) is 0.467. The molecule has 10 heteroatoms. The molecule has 0 saturated carbocycles. The number of rotatable bonds is 8. The number of hydrogen-bond acceptors (Lipinski definition) is 8. The lowest BCUT2D eigenvalue weighted by atomic mass is 10.00. The van der Waals surface area contributed by atoms with Crippen LogP contribution in [-0.4, -0.2) is 81.0 Å². The van der Waals surface area contributed by atoms with E-state index in [2.05, 4.69) is 62.4 Å². The fourth-order valence-corrected chi connectivity index (χ4v) is 5.92. The highest BCUT2D eigenvalue weighted by molar-refractivity contribution is 5.81. The van der Waals surface area contributed by atoms with Crippen molar-refractivity contribution < 1.29 is 9.47 Å². The average molecular weight is 544 g/mol. The molecular weight excluding hydrogens is 506 g/mol. The van der Waals surface area contributed by atoms with Crippen molar-refractivity contribution in [1.29, 1.82) is 0 Å². The van der Waals surface area contributed by atoms with E-state index in [-0.39, 0.29) is 17.7 Å². The third-order valence-corrected chi connectivity index (χ3v) is 8.30. The zero-order valence-corrected chi connectivity index (χ0v) is 23.5. The molecule has 10 nitrogen and oxygen atoms in total. The molecule has 1 N–H and O–H groups in total. The lowest BCUT2D eigenvalue weighted by molar-refractivity contribution is 0.0840. The molecule has 0 spiro atoms. The Morgan fingerprint density at radius 3 is 2.70 bits per heavy atom. The predicted octanol–water partition coefficient (Wildman–Crippen LogP) is 3.23. The molecule has 0 bridgehead atoms. The number of aromatic nitrogens is 5. The van der Waals surface area contributed by atoms with Gasteiger partial charge in [-0.2, -0.15) is 0 Å². The van der Waals surface area contributed by atoms with E-state index >= 15 is 0 Å². The molecule has 6 rings (SSSR count). The van der Waals surface area contributed by atoms with Gasteiger partial charge in [0.1, 0.15) is 11.8 Å². The highest BCUT2D eigenvalue weighted by Crippen LogP contribution is 2.29. The van der Waals surface area contributed by atoms with Crippen molar-refractivity contribution in [2.45, 2.75) is 51.9 Å². The zero-order chi connectivity index (χ0) is 27.6. The molecule has 2 fully saturated rings. The van der Waals surface area contributed by atoms with E-state index in [4.69, 9.17) is 9.47 Å². The summed E-state index contributed by atoms with van der Waals surface area (Å²) in [6, 6.07) is 14.1. The van der Waals surface area contributed by atoms with Gasteiger partial charge in [0.05, 0.1) is 19.8 Å². The Morgan fingerprint density at radius 1 is 1.10 bits per heavy atom. The molecule has 2 aromatic heterocycles. The van der Waals surface area contributed by atoms with Gasteiger partial charge in [-0.1, -0.05) is 12.1 Å². The molecule has 0 unspecified atom stereocenters. The maximum atomic E-state index is 13.6. The summed E-state index contributed by atoms with van der Waals surface area (Å²) in [5.74, 6) is 1.56. The third-order valence-electron chi connectivity index (χ3n) is 8.30. The van der Waals surface area contributed by atoms with Gasteiger partial charge in [0.25, 0.3) is 5.56 Å². The standard InChI is InChI=1S/C30H37N7O3/c1-20-14-23-17-26(30(38)31-27(23)15-21(20)2)28(29-32-33-34-37(29)19-25-8-5-13-40-25)36-11-9-35(10-12-36)18-22-6-4-7-24(16-22)39-3/h4,6-7,14-17,25,28H,5,8-13,18-19H2,1-3H3,(H,31,38)/t25-,28-/m1/s1. The highest BCUT2D eigenvalue weighted by atomic mass is 16.5. The van der Waals surface area contributed by atoms with Crippen molar-refractivity contribution in [3.8, 4) is 5.75 Å². The molecule has 2 saturated heterocycles. The number of tetrazole rings is 1. The summed E-state index contributed by atoms with van der Waals surface area (Å²) in [5, 5.41) is 13.9. The van der Waals surface area contributed by atoms with E-state index in [9.17, 15) is 4.79 Å². The van der Waals surface area contributed by atoms with Crippen molar-refractivity contribution >= 4 is 10.9 Å². The van der Waals surface area contributed by atoms with E-state index in [0.29, 0.717) is 17.9 Å². The predicted molar refractivity (Wildman–Crippen MR) is 153 cm³/mol. The van der Waals surface area contributed by atoms with Crippen LogP contribution < -0.4 is 10.3 Å². The highest BCUT2D eigenvalue weighted by Gasteiger charge is 2.33. The SMILES string of the molecule is COc1cccc(CN2CCN([C@H](c3cc4cc(C)c(C)cc4[nH]c3=O)c3nnnn3C[C@H]3CCCO3)CC2)c1. The second kappa shape index (κ2) is 11.5. The molecule has 0 amide bonds. The van der Waals surface area contributed by atoms with Crippen LogP contribution in [0.2, 0.25) is 0 Å². The van der Waals surface area contributed by atoms with Gasteiger partial charge >= 0.3 is 0 Å². The number of benzene rings is 2. The summed E-state index contributed by atoms with van der Waals surface area (Å²) in [5.41, 5.74) is 4.97. The Morgan fingerprint density at radius 2 is 1.93 bits per heavy atom. The minimum absolute atomic E-state index is 0.0862. The van der Waals surface area contributed by atoms with E-state index < -0.39 is 0 Å². The normalized spacial score (nSPS) is 19.3. The van der Waals surface area contributed by atoms with Gasteiger partial charge in [0.2, 0.25) is 0 Å². The smallest absolute Gasteiger partial charge is 0.253 e. The topological polar surface area (TPSA) is 101 Å². The lowest BCUT2D eigenvalue weighted by Crippen LogP contribution is -2.48. The van der Waals surface area contributed by atoms with Crippen LogP contribution >= 0.6 is 0 Å². The maximum absolute atomic E-state index is 13.6. The monoisotopic (exact) mass is 543 g/mol. The van der Waals surface area contributed by atoms with E-state index in [1.54, 1.807) is 7.11 Å². The van der Waals surface area contributed by atoms with Crippen LogP contribution in [0, 0.1) is 13.8 Å². The molecule has 210 valence electrons. The third kappa shape index (κ3) is 5.52. The van der Waals surface area contributed by atoms with Crippen LogP contribution in [0.1, 0.15) is 47.0 Å². The van der Waals surface area contributed by atoms with Crippen LogP contribution in [-0.2, 0) is 17.8 Å². The zero-order valence-electron chi connectivity index (χ0n) is 23.5. The second-order valence-electron chi connectivity index (χ2n) is 11.0. The largest absolute Gasteiger partial charge is 0.497 e. The fourth-order valence-electron chi connectivity index (χ4n) is 5.92. The van der Waals surface area contributed by atoms with Crippen molar-refractivity contribution in [2.75, 3.05) is 39.9 Å².